The summed E-state index contributed by atoms with van der Waals surface area (Å²) in [6, 6.07) is 11.3. The summed E-state index contributed by atoms with van der Waals surface area (Å²) in [6.07, 6.45) is 0. The third-order valence-electron chi connectivity index (χ3n) is 2.68. The number of nitrogens with zero attached hydrogens (tertiary/aromatic N) is 1. The topological polar surface area (TPSA) is 75.3 Å². The Morgan fingerprint density at radius 1 is 1.43 bits per heavy atom. The van der Waals surface area contributed by atoms with Gasteiger partial charge >= 0.3 is 0 Å². The van der Waals surface area contributed by atoms with Crippen LogP contribution in [-0.2, 0) is 4.79 Å². The Bertz CT molecular complexity index is 676. The van der Waals surface area contributed by atoms with Gasteiger partial charge in [-0.15, -0.1) is 0 Å². The molecule has 6 heteroatoms. The molecular weight excluding hydrogens is 292 g/mol. The Morgan fingerprint density at radius 2 is 2.19 bits per heavy atom. The fourth-order valence-electron chi connectivity index (χ4n) is 1.68. The van der Waals surface area contributed by atoms with Gasteiger partial charge in [0.15, 0.2) is 12.6 Å². The number of para-hydroxylation sites is 1. The van der Waals surface area contributed by atoms with Crippen molar-refractivity contribution in [2.75, 3.05) is 6.61 Å². The molecule has 1 N–H and O–H groups in total. The Balaban J connectivity index is 1.92. The van der Waals surface area contributed by atoms with Crippen LogP contribution in [0, 0.1) is 18.3 Å². The van der Waals surface area contributed by atoms with Crippen LogP contribution in [0.5, 0.6) is 5.75 Å². The van der Waals surface area contributed by atoms with E-state index in [0.29, 0.717) is 22.3 Å². The molecule has 0 aliphatic carbocycles. The van der Waals surface area contributed by atoms with Gasteiger partial charge in [0.2, 0.25) is 0 Å². The highest BCUT2D eigenvalue weighted by molar-refractivity contribution is 6.32. The van der Waals surface area contributed by atoms with E-state index in [1.807, 2.05) is 6.07 Å². The van der Waals surface area contributed by atoms with E-state index in [0.717, 1.165) is 0 Å². The van der Waals surface area contributed by atoms with E-state index in [1.165, 1.54) is 0 Å². The summed E-state index contributed by atoms with van der Waals surface area (Å²) in [5, 5.41) is 12.0. The van der Waals surface area contributed by atoms with Crippen molar-refractivity contribution >= 4 is 17.5 Å². The maximum Gasteiger partial charge on any atom is 0.259 e. The van der Waals surface area contributed by atoms with Crippen LogP contribution in [0.1, 0.15) is 17.6 Å². The summed E-state index contributed by atoms with van der Waals surface area (Å²) in [5.41, 5.74) is 0. The van der Waals surface area contributed by atoms with Crippen molar-refractivity contribution in [3.63, 3.8) is 0 Å². The molecule has 1 unspecified atom stereocenters. The SMILES string of the molecule is Cc1ccc(C(C#N)NC(=O)COc2ccccc2Cl)o1. The molecular formula is C15H13ClN2O3. The number of rotatable bonds is 5. The van der Waals surface area contributed by atoms with Gasteiger partial charge in [0.05, 0.1) is 11.1 Å². The van der Waals surface area contributed by atoms with Crippen molar-refractivity contribution in [2.24, 2.45) is 0 Å². The second kappa shape index (κ2) is 6.82. The Morgan fingerprint density at radius 3 is 2.81 bits per heavy atom. The van der Waals surface area contributed by atoms with E-state index in [1.54, 1.807) is 43.3 Å². The second-order valence-electron chi connectivity index (χ2n) is 4.30. The van der Waals surface area contributed by atoms with Gasteiger partial charge < -0.3 is 14.5 Å². The highest BCUT2D eigenvalue weighted by Crippen LogP contribution is 2.23. The van der Waals surface area contributed by atoms with Gasteiger partial charge in [-0.25, -0.2) is 0 Å². The normalized spacial score (nSPS) is 11.5. The molecule has 5 nitrogen and oxygen atoms in total. The lowest BCUT2D eigenvalue weighted by molar-refractivity contribution is -0.123. The minimum Gasteiger partial charge on any atom is -0.482 e. The van der Waals surface area contributed by atoms with E-state index >= 15 is 0 Å². The first-order valence-electron chi connectivity index (χ1n) is 6.23. The molecule has 0 aliphatic rings. The molecule has 1 atom stereocenters. The molecule has 0 bridgehead atoms. The molecule has 1 aromatic heterocycles. The van der Waals surface area contributed by atoms with Gasteiger partial charge in [0.1, 0.15) is 17.3 Å². The van der Waals surface area contributed by atoms with Crippen LogP contribution >= 0.6 is 11.6 Å². The molecule has 0 fully saturated rings. The first-order chi connectivity index (χ1) is 10.1. The number of halogens is 1. The van der Waals surface area contributed by atoms with Crippen molar-refractivity contribution in [1.29, 1.82) is 5.26 Å². The first-order valence-corrected chi connectivity index (χ1v) is 6.60. The van der Waals surface area contributed by atoms with Gasteiger partial charge in [0, 0.05) is 0 Å². The standard InChI is InChI=1S/C15H13ClN2O3/c1-10-6-7-14(21-10)12(8-17)18-15(19)9-20-13-5-3-2-4-11(13)16/h2-7,12H,9H2,1H3,(H,18,19). The highest BCUT2D eigenvalue weighted by Gasteiger charge is 2.17. The molecule has 0 aliphatic heterocycles. The number of nitriles is 1. The molecule has 1 heterocycles. The maximum atomic E-state index is 11.8. The number of furan rings is 1. The molecule has 2 aromatic rings. The van der Waals surface area contributed by atoms with Gasteiger partial charge in [-0.1, -0.05) is 23.7 Å². The molecule has 0 radical (unpaired) electrons. The number of hydrogen-bond donors (Lipinski definition) is 1. The largest absolute Gasteiger partial charge is 0.482 e. The molecule has 0 spiro atoms. The Kier molecular flexibility index (Phi) is 4.85. The average Bonchev–Trinajstić information content (AvgIpc) is 2.90. The number of hydrogen-bond acceptors (Lipinski definition) is 4. The van der Waals surface area contributed by atoms with E-state index < -0.39 is 11.9 Å². The molecule has 108 valence electrons. The van der Waals surface area contributed by atoms with Crippen LogP contribution in [0.2, 0.25) is 5.02 Å². The minimum atomic E-state index is -0.846. The van der Waals surface area contributed by atoms with Crippen LogP contribution in [0.4, 0.5) is 0 Å². The number of benzene rings is 1. The predicted molar refractivity (Wildman–Crippen MR) is 76.9 cm³/mol. The monoisotopic (exact) mass is 304 g/mol. The van der Waals surface area contributed by atoms with E-state index in [4.69, 9.17) is 26.0 Å². The lowest BCUT2D eigenvalue weighted by Crippen LogP contribution is -2.31. The second-order valence-corrected chi connectivity index (χ2v) is 4.70. The van der Waals surface area contributed by atoms with Crippen molar-refractivity contribution < 1.29 is 13.9 Å². The third kappa shape index (κ3) is 4.01. The third-order valence-corrected chi connectivity index (χ3v) is 2.99. The summed E-state index contributed by atoms with van der Waals surface area (Å²) in [7, 11) is 0. The molecule has 1 aromatic carbocycles. The van der Waals surface area contributed by atoms with Crippen LogP contribution in [0.25, 0.3) is 0 Å². The minimum absolute atomic E-state index is 0.235. The number of ether oxygens (including phenoxy) is 1. The summed E-state index contributed by atoms with van der Waals surface area (Å²) >= 11 is 5.92. The van der Waals surface area contributed by atoms with Gasteiger partial charge in [-0.2, -0.15) is 5.26 Å². The van der Waals surface area contributed by atoms with Crippen molar-refractivity contribution in [3.05, 3.63) is 52.9 Å². The fraction of sp³-hybridized carbons (Fsp3) is 0.200. The molecule has 1 amide bonds. The Hall–Kier alpha value is -2.45. The highest BCUT2D eigenvalue weighted by atomic mass is 35.5. The van der Waals surface area contributed by atoms with Crippen LogP contribution < -0.4 is 10.1 Å². The van der Waals surface area contributed by atoms with E-state index in [-0.39, 0.29) is 6.61 Å². The zero-order chi connectivity index (χ0) is 15.2. The van der Waals surface area contributed by atoms with Crippen molar-refractivity contribution in [3.8, 4) is 11.8 Å². The van der Waals surface area contributed by atoms with Crippen LogP contribution in [0.15, 0.2) is 40.8 Å². The van der Waals surface area contributed by atoms with Crippen molar-refractivity contribution in [1.82, 2.24) is 5.32 Å². The summed E-state index contributed by atoms with van der Waals surface area (Å²) in [4.78, 5) is 11.8. The summed E-state index contributed by atoms with van der Waals surface area (Å²) in [6.45, 7) is 1.53. The molecule has 21 heavy (non-hydrogen) atoms. The smallest absolute Gasteiger partial charge is 0.259 e. The van der Waals surface area contributed by atoms with Gasteiger partial charge in [-0.3, -0.25) is 4.79 Å². The van der Waals surface area contributed by atoms with Crippen molar-refractivity contribution in [2.45, 2.75) is 13.0 Å². The quantitative estimate of drug-likeness (QED) is 0.921. The molecule has 0 saturated carbocycles. The van der Waals surface area contributed by atoms with Crippen LogP contribution in [0.3, 0.4) is 0 Å². The van der Waals surface area contributed by atoms with Gasteiger partial charge in [0.25, 0.3) is 5.91 Å². The Labute approximate surface area is 127 Å². The average molecular weight is 305 g/mol. The molecule has 2 rings (SSSR count). The van der Waals surface area contributed by atoms with E-state index in [9.17, 15) is 4.79 Å². The number of amides is 1. The van der Waals surface area contributed by atoms with E-state index in [2.05, 4.69) is 5.32 Å². The fourth-order valence-corrected chi connectivity index (χ4v) is 1.87. The lowest BCUT2D eigenvalue weighted by Gasteiger charge is -2.11. The number of nitrogens with one attached hydrogen (secondary N) is 1. The number of aryl methyl sites for hydroxylation is 1. The van der Waals surface area contributed by atoms with Crippen LogP contribution in [-0.4, -0.2) is 12.5 Å². The zero-order valence-electron chi connectivity index (χ0n) is 11.3. The molecule has 0 saturated heterocycles. The zero-order valence-corrected chi connectivity index (χ0v) is 12.1. The number of carbonyl (C=O) groups is 1. The maximum absolute atomic E-state index is 11.8. The predicted octanol–water partition coefficient (Wildman–Crippen LogP) is 3.00. The summed E-state index contributed by atoms with van der Waals surface area (Å²) < 4.78 is 10.6. The number of carbonyl (C=O) groups excluding carboxylic acids is 1. The first kappa shape index (κ1) is 14.9. The lowest BCUT2D eigenvalue weighted by atomic mass is 10.2. The summed E-state index contributed by atoms with van der Waals surface area (Å²) in [5.74, 6) is 1.04. The van der Waals surface area contributed by atoms with Gasteiger partial charge in [-0.05, 0) is 31.2 Å².